The molecule has 0 amide bonds. The van der Waals surface area contributed by atoms with Gasteiger partial charge in [-0.1, -0.05) is 0 Å². The molecule has 1 fully saturated rings. The lowest BCUT2D eigenvalue weighted by atomic mass is 10.1. The molecule has 1 saturated heterocycles. The molecule has 3 rings (SSSR count). The number of nitrogens with two attached hydrogens (primary N) is 1. The lowest BCUT2D eigenvalue weighted by Gasteiger charge is -2.21. The molecule has 1 aliphatic heterocycles. The number of nitrogen functional groups attached to an aromatic ring is 1. The molecule has 0 spiro atoms. The summed E-state index contributed by atoms with van der Waals surface area (Å²) in [5, 5.41) is 0. The summed E-state index contributed by atoms with van der Waals surface area (Å²) in [6, 6.07) is 7.51. The highest BCUT2D eigenvalue weighted by Crippen LogP contribution is 2.36. The second kappa shape index (κ2) is 17.0. The molecule has 0 bridgehead atoms. The van der Waals surface area contributed by atoms with Crippen LogP contribution in [0.25, 0.3) is 11.3 Å². The molecule has 1 aromatic carbocycles. The fraction of sp³-hybridized carbons (Fsp3) is 0.615. The maximum atomic E-state index is 6.04. The number of hydrogen-bond acceptors (Lipinski definition) is 13. The molecule has 2 aromatic rings. The molecule has 1 aromatic heterocycles. The summed E-state index contributed by atoms with van der Waals surface area (Å²) in [7, 11) is 4.73. The normalized spacial score (nSPS) is 17.1. The first kappa shape index (κ1) is 30.8. The largest absolute Gasteiger partial charge is 0.475 e. The molecule has 0 radical (unpaired) electrons. The highest BCUT2D eigenvalue weighted by atomic mass is 16.7. The average molecular weight is 553 g/mol. The van der Waals surface area contributed by atoms with Crippen LogP contribution < -0.4 is 20.1 Å². The minimum atomic E-state index is -0.196. The molecule has 2 atom stereocenters. The Labute approximate surface area is 229 Å². The van der Waals surface area contributed by atoms with Gasteiger partial charge in [0.15, 0.2) is 6.79 Å². The van der Waals surface area contributed by atoms with E-state index < -0.39 is 0 Å². The van der Waals surface area contributed by atoms with E-state index in [0.717, 1.165) is 5.69 Å². The van der Waals surface area contributed by atoms with Crippen molar-refractivity contribution in [2.75, 3.05) is 98.5 Å². The van der Waals surface area contributed by atoms with Gasteiger partial charge in [0.05, 0.1) is 25.5 Å². The molecule has 13 heteroatoms. The third kappa shape index (κ3) is 9.72. The fourth-order valence-electron chi connectivity index (χ4n) is 3.97. The lowest BCUT2D eigenvalue weighted by Crippen LogP contribution is -2.31. The van der Waals surface area contributed by atoms with E-state index in [9.17, 15) is 0 Å². The fourth-order valence-corrected chi connectivity index (χ4v) is 3.97. The number of anilines is 2. The van der Waals surface area contributed by atoms with Crippen LogP contribution in [-0.2, 0) is 33.2 Å². The molecular weight excluding hydrogens is 512 g/mol. The van der Waals surface area contributed by atoms with Crippen LogP contribution in [0.15, 0.2) is 24.3 Å². The van der Waals surface area contributed by atoms with Crippen molar-refractivity contribution in [3.8, 4) is 22.9 Å². The Kier molecular flexibility index (Phi) is 13.4. The van der Waals surface area contributed by atoms with Gasteiger partial charge in [-0.3, -0.25) is 0 Å². The summed E-state index contributed by atoms with van der Waals surface area (Å²) in [4.78, 5) is 10.8. The van der Waals surface area contributed by atoms with Gasteiger partial charge in [-0.25, -0.2) is 4.98 Å². The number of nitrogens with zero attached hydrogens (tertiary/aromatic N) is 3. The molecule has 0 unspecified atom stereocenters. The quantitative estimate of drug-likeness (QED) is 0.201. The highest BCUT2D eigenvalue weighted by Gasteiger charge is 2.35. The summed E-state index contributed by atoms with van der Waals surface area (Å²) in [6.45, 7) is 5.91. The van der Waals surface area contributed by atoms with Gasteiger partial charge in [0.1, 0.15) is 38.2 Å². The molecule has 2 N–H and O–H groups in total. The van der Waals surface area contributed by atoms with Gasteiger partial charge in [-0.05, 0) is 25.1 Å². The van der Waals surface area contributed by atoms with Crippen molar-refractivity contribution in [1.82, 2.24) is 9.97 Å². The molecule has 0 saturated carbocycles. The summed E-state index contributed by atoms with van der Waals surface area (Å²) in [6.07, 6.45) is -0.392. The summed E-state index contributed by atoms with van der Waals surface area (Å²) in [5.74, 6) is 0.976. The number of benzene rings is 1. The molecule has 218 valence electrons. The van der Waals surface area contributed by atoms with Crippen LogP contribution in [0.4, 0.5) is 11.6 Å². The second-order valence-electron chi connectivity index (χ2n) is 8.47. The topological polar surface area (TPSA) is 138 Å². The van der Waals surface area contributed by atoms with Gasteiger partial charge in [0, 0.05) is 58.3 Å². The Balaban J connectivity index is 1.79. The average Bonchev–Trinajstić information content (AvgIpc) is 3.35. The third-order valence-corrected chi connectivity index (χ3v) is 5.73. The monoisotopic (exact) mass is 552 g/mol. The molecule has 0 aliphatic carbocycles. The van der Waals surface area contributed by atoms with Crippen molar-refractivity contribution < 1.29 is 42.6 Å². The molecule has 2 heterocycles. The van der Waals surface area contributed by atoms with Gasteiger partial charge >= 0.3 is 0 Å². The van der Waals surface area contributed by atoms with E-state index in [1.54, 1.807) is 27.4 Å². The van der Waals surface area contributed by atoms with E-state index in [1.165, 1.54) is 0 Å². The third-order valence-electron chi connectivity index (χ3n) is 5.73. The van der Waals surface area contributed by atoms with Crippen molar-refractivity contribution in [3.63, 3.8) is 0 Å². The zero-order valence-electron chi connectivity index (χ0n) is 23.1. The lowest BCUT2D eigenvalue weighted by molar-refractivity contribution is -0.139. The predicted molar refractivity (Wildman–Crippen MR) is 143 cm³/mol. The molecule has 39 heavy (non-hydrogen) atoms. The Morgan fingerprint density at radius 3 is 2.15 bits per heavy atom. The number of aromatic nitrogens is 2. The summed E-state index contributed by atoms with van der Waals surface area (Å²) < 4.78 is 49.4. The van der Waals surface area contributed by atoms with Crippen molar-refractivity contribution in [1.29, 1.82) is 0 Å². The first-order valence-electron chi connectivity index (χ1n) is 12.7. The van der Waals surface area contributed by atoms with Crippen molar-refractivity contribution in [3.05, 3.63) is 24.3 Å². The van der Waals surface area contributed by atoms with Crippen LogP contribution in [0.3, 0.4) is 0 Å². The Morgan fingerprint density at radius 1 is 0.821 bits per heavy atom. The predicted octanol–water partition coefficient (Wildman–Crippen LogP) is 1.94. The Morgan fingerprint density at radius 2 is 1.49 bits per heavy atom. The highest BCUT2D eigenvalue weighted by molar-refractivity contribution is 5.73. The molecular formula is C26H40N4O9. The first-order valence-corrected chi connectivity index (χ1v) is 12.7. The van der Waals surface area contributed by atoms with Gasteiger partial charge < -0.3 is 53.3 Å². The SMILES string of the molecule is CCOCCOCCOc1cc(-c2cc(N3C[C@H](OCOC)[C@@H](OCOC)C3)ccc2OCOC)nc(N)n1. The minimum absolute atomic E-state index is 0.0684. The minimum Gasteiger partial charge on any atom is -0.475 e. The van der Waals surface area contributed by atoms with Crippen LogP contribution >= 0.6 is 0 Å². The zero-order chi connectivity index (χ0) is 27.9. The molecule has 13 nitrogen and oxygen atoms in total. The summed E-state index contributed by atoms with van der Waals surface area (Å²) in [5.41, 5.74) is 8.21. The maximum absolute atomic E-state index is 6.04. The molecule has 1 aliphatic rings. The van der Waals surface area contributed by atoms with E-state index in [4.69, 9.17) is 48.4 Å². The number of rotatable bonds is 19. The van der Waals surface area contributed by atoms with Crippen molar-refractivity contribution >= 4 is 11.6 Å². The Hall–Kier alpha value is -2.78. The van der Waals surface area contributed by atoms with E-state index in [0.29, 0.717) is 69.0 Å². The van der Waals surface area contributed by atoms with Crippen LogP contribution in [0.1, 0.15) is 6.92 Å². The van der Waals surface area contributed by atoms with Gasteiger partial charge in [-0.15, -0.1) is 0 Å². The maximum Gasteiger partial charge on any atom is 0.223 e. The van der Waals surface area contributed by atoms with Crippen molar-refractivity contribution in [2.45, 2.75) is 19.1 Å². The van der Waals surface area contributed by atoms with E-state index in [-0.39, 0.29) is 38.5 Å². The number of ether oxygens (including phenoxy) is 9. The summed E-state index contributed by atoms with van der Waals surface area (Å²) >= 11 is 0. The van der Waals surface area contributed by atoms with E-state index in [2.05, 4.69) is 14.9 Å². The van der Waals surface area contributed by atoms with E-state index in [1.807, 2.05) is 25.1 Å². The van der Waals surface area contributed by atoms with Crippen molar-refractivity contribution in [2.24, 2.45) is 0 Å². The van der Waals surface area contributed by atoms with Gasteiger partial charge in [0.25, 0.3) is 0 Å². The number of hydrogen-bond donors (Lipinski definition) is 1. The van der Waals surface area contributed by atoms with E-state index >= 15 is 0 Å². The zero-order valence-corrected chi connectivity index (χ0v) is 23.1. The standard InChI is InChI=1S/C26H40N4O9/c1-5-34-8-9-35-10-11-36-25-13-21(28-26(27)29-25)20-12-19(6-7-22(20)37-16-31-2)30-14-23(38-17-32-3)24(15-30)39-18-33-4/h6-7,12-13,23-24H,5,8-11,14-18H2,1-4H3,(H2,27,28,29)/t23-,24-/m0/s1. The van der Waals surface area contributed by atoms with Gasteiger partial charge in [-0.2, -0.15) is 4.98 Å². The van der Waals surface area contributed by atoms with Crippen LogP contribution in [0, 0.1) is 0 Å². The Bertz CT molecular complexity index is 968. The number of methoxy groups -OCH3 is 3. The van der Waals surface area contributed by atoms with Gasteiger partial charge in [0.2, 0.25) is 11.8 Å². The van der Waals surface area contributed by atoms with Crippen LogP contribution in [0.2, 0.25) is 0 Å². The van der Waals surface area contributed by atoms with Crippen LogP contribution in [0.5, 0.6) is 11.6 Å². The van der Waals surface area contributed by atoms with Crippen LogP contribution in [-0.4, -0.2) is 110 Å². The first-order chi connectivity index (χ1) is 19.1. The smallest absolute Gasteiger partial charge is 0.223 e. The second-order valence-corrected chi connectivity index (χ2v) is 8.47.